The summed E-state index contributed by atoms with van der Waals surface area (Å²) in [7, 11) is 0. The van der Waals surface area contributed by atoms with Gasteiger partial charge in [0.1, 0.15) is 0 Å². The van der Waals surface area contributed by atoms with Crippen LogP contribution in [0.15, 0.2) is 48.5 Å². The average Bonchev–Trinajstić information content (AvgIpc) is 2.73. The third kappa shape index (κ3) is 3.90. The number of hydrogen-bond donors (Lipinski definition) is 0. The molecule has 0 saturated heterocycles. The molecule has 0 radical (unpaired) electrons. The van der Waals surface area contributed by atoms with Crippen molar-refractivity contribution in [1.29, 1.82) is 0 Å². The van der Waals surface area contributed by atoms with Crippen LogP contribution < -0.4 is 0 Å². The van der Waals surface area contributed by atoms with Crippen LogP contribution in [0.4, 0.5) is 0 Å². The van der Waals surface area contributed by atoms with Crippen LogP contribution in [-0.4, -0.2) is 0 Å². The molecule has 5 aromatic carbocycles. The van der Waals surface area contributed by atoms with Crippen molar-refractivity contribution in [2.24, 2.45) is 0 Å². The molecule has 0 amide bonds. The fraction of sp³-hybridized carbons (Fsp3) is 0.429. The Morgan fingerprint density at radius 1 is 0.429 bits per heavy atom. The summed E-state index contributed by atoms with van der Waals surface area (Å²) in [6.45, 7) is 25.6. The maximum absolute atomic E-state index is 2.49. The van der Waals surface area contributed by atoms with E-state index in [-0.39, 0.29) is 16.2 Å². The van der Waals surface area contributed by atoms with E-state index in [9.17, 15) is 0 Å². The summed E-state index contributed by atoms with van der Waals surface area (Å²) in [5.41, 5.74) is 5.93. The van der Waals surface area contributed by atoms with Crippen molar-refractivity contribution >= 4 is 43.1 Å². The minimum atomic E-state index is 0.0884. The van der Waals surface area contributed by atoms with Gasteiger partial charge in [0.05, 0.1) is 0 Å². The first-order valence-corrected chi connectivity index (χ1v) is 13.3. The highest BCUT2D eigenvalue weighted by Crippen LogP contribution is 2.46. The van der Waals surface area contributed by atoms with E-state index < -0.39 is 0 Å². The molecule has 0 atom stereocenters. The Morgan fingerprint density at radius 3 is 1.06 bits per heavy atom. The van der Waals surface area contributed by atoms with Gasteiger partial charge < -0.3 is 0 Å². The van der Waals surface area contributed by atoms with Crippen LogP contribution in [-0.2, 0) is 16.2 Å². The highest BCUT2D eigenvalue weighted by molar-refractivity contribution is 6.33. The van der Waals surface area contributed by atoms with Gasteiger partial charge in [-0.1, -0.05) is 106 Å². The first-order chi connectivity index (χ1) is 16.1. The Hall–Kier alpha value is -2.60. The first-order valence-electron chi connectivity index (χ1n) is 13.3. The summed E-state index contributed by atoms with van der Waals surface area (Å²) >= 11 is 0. The molecule has 0 saturated carbocycles. The quantitative estimate of drug-likeness (QED) is 0.172. The van der Waals surface area contributed by atoms with Crippen molar-refractivity contribution in [3.05, 3.63) is 70.8 Å². The van der Waals surface area contributed by atoms with E-state index in [1.54, 1.807) is 0 Å². The van der Waals surface area contributed by atoms with Gasteiger partial charge in [-0.05, 0) is 106 Å². The molecule has 0 spiro atoms. The Kier molecular flexibility index (Phi) is 5.13. The number of rotatable bonds is 1. The summed E-state index contributed by atoms with van der Waals surface area (Å²) in [6.07, 6.45) is 0. The van der Waals surface area contributed by atoms with Gasteiger partial charge in [0.15, 0.2) is 0 Å². The molecule has 182 valence electrons. The summed E-state index contributed by atoms with van der Waals surface area (Å²) in [5, 5.41) is 11.2. The van der Waals surface area contributed by atoms with E-state index >= 15 is 0 Å². The van der Waals surface area contributed by atoms with E-state index in [0.717, 1.165) is 0 Å². The fourth-order valence-electron chi connectivity index (χ4n) is 5.54. The first kappa shape index (κ1) is 24.1. The van der Waals surface area contributed by atoms with E-state index in [1.807, 2.05) is 0 Å². The molecule has 0 aliphatic rings. The number of benzene rings is 5. The number of hydrogen-bond acceptors (Lipinski definition) is 0. The molecule has 0 unspecified atom stereocenters. The van der Waals surface area contributed by atoms with Crippen LogP contribution in [0.2, 0.25) is 0 Å². The van der Waals surface area contributed by atoms with Crippen LogP contribution in [0.3, 0.4) is 0 Å². The Morgan fingerprint density at radius 2 is 0.743 bits per heavy atom. The molecule has 0 bridgehead atoms. The van der Waals surface area contributed by atoms with Crippen LogP contribution in [0.25, 0.3) is 43.1 Å². The molecule has 5 aromatic rings. The summed E-state index contributed by atoms with van der Waals surface area (Å²) in [4.78, 5) is 0. The molecule has 0 fully saturated rings. The van der Waals surface area contributed by atoms with Gasteiger partial charge in [-0.3, -0.25) is 0 Å². The van der Waals surface area contributed by atoms with Gasteiger partial charge in [-0.2, -0.15) is 0 Å². The second-order valence-corrected chi connectivity index (χ2v) is 14.2. The van der Waals surface area contributed by atoms with E-state index in [0.29, 0.717) is 5.92 Å². The Bertz CT molecular complexity index is 1580. The molecule has 35 heavy (non-hydrogen) atoms. The largest absolute Gasteiger partial charge is 0.0587 e. The molecule has 0 aliphatic heterocycles. The zero-order chi connectivity index (χ0) is 25.7. The normalized spacial score (nSPS) is 13.8. The topological polar surface area (TPSA) is 0 Å². The minimum Gasteiger partial charge on any atom is -0.0587 e. The van der Waals surface area contributed by atoms with E-state index in [4.69, 9.17) is 0 Å². The second kappa shape index (κ2) is 7.45. The van der Waals surface area contributed by atoms with E-state index in [2.05, 4.69) is 125 Å². The highest BCUT2D eigenvalue weighted by atomic mass is 14.3. The molecule has 0 nitrogen and oxygen atoms in total. The lowest BCUT2D eigenvalue weighted by molar-refractivity contribution is 0.590. The van der Waals surface area contributed by atoms with Crippen molar-refractivity contribution in [2.45, 2.75) is 98.3 Å². The SMILES string of the molecule is CC(C)c1cc2cc(C(C)(C)C)cc3c4cc(C(C)(C)C)cc5cc(C(C)(C)C)cc(c(c1)c23)c54. The molecule has 5 rings (SSSR count). The van der Waals surface area contributed by atoms with E-state index in [1.165, 1.54) is 65.3 Å². The predicted octanol–water partition coefficient (Wildman–Crippen LogP) is 10.8. The number of fused-ring (bicyclic) bond motifs is 2. The molecule has 0 heteroatoms. The van der Waals surface area contributed by atoms with Crippen molar-refractivity contribution in [3.63, 3.8) is 0 Å². The Labute approximate surface area is 212 Å². The maximum atomic E-state index is 2.49. The van der Waals surface area contributed by atoms with Gasteiger partial charge in [0.2, 0.25) is 0 Å². The fourth-order valence-corrected chi connectivity index (χ4v) is 5.54. The predicted molar refractivity (Wildman–Crippen MR) is 158 cm³/mol. The zero-order valence-electron chi connectivity index (χ0n) is 23.7. The lowest BCUT2D eigenvalue weighted by Gasteiger charge is -2.27. The van der Waals surface area contributed by atoms with Crippen molar-refractivity contribution < 1.29 is 0 Å². The molecule has 0 N–H and O–H groups in total. The van der Waals surface area contributed by atoms with Crippen LogP contribution >= 0.6 is 0 Å². The lowest BCUT2D eigenvalue weighted by atomic mass is 9.77. The second-order valence-electron chi connectivity index (χ2n) is 14.2. The molecular formula is C35H42. The van der Waals surface area contributed by atoms with Crippen LogP contribution in [0.1, 0.15) is 104 Å². The van der Waals surface area contributed by atoms with Gasteiger partial charge in [-0.15, -0.1) is 0 Å². The summed E-state index contributed by atoms with van der Waals surface area (Å²) < 4.78 is 0. The third-order valence-electron chi connectivity index (χ3n) is 7.97. The molecule has 0 aliphatic carbocycles. The maximum Gasteiger partial charge on any atom is -0.00260 e. The summed E-state index contributed by atoms with van der Waals surface area (Å²) in [6, 6.07) is 19.8. The lowest BCUT2D eigenvalue weighted by Crippen LogP contribution is -2.13. The van der Waals surface area contributed by atoms with Gasteiger partial charge in [0, 0.05) is 0 Å². The zero-order valence-corrected chi connectivity index (χ0v) is 23.7. The molecule has 0 aromatic heterocycles. The Balaban J connectivity index is 2.13. The molecular weight excluding hydrogens is 420 g/mol. The minimum absolute atomic E-state index is 0.0884. The van der Waals surface area contributed by atoms with Crippen LogP contribution in [0.5, 0.6) is 0 Å². The van der Waals surface area contributed by atoms with Crippen molar-refractivity contribution in [2.75, 3.05) is 0 Å². The smallest absolute Gasteiger partial charge is 0.00260 e. The van der Waals surface area contributed by atoms with Gasteiger partial charge >= 0.3 is 0 Å². The van der Waals surface area contributed by atoms with Crippen LogP contribution in [0, 0.1) is 0 Å². The molecule has 0 heterocycles. The standard InChI is InChI=1S/C35H42/c1-20(2)21-12-22-13-24(33(3,4)5)18-29-30-19-26(35(9,10)11)15-23-14-25(34(6,7)8)17-28(32(23)30)27(16-21)31(22)29/h12-20H,1-11H3. The monoisotopic (exact) mass is 462 g/mol. The summed E-state index contributed by atoms with van der Waals surface area (Å²) in [5.74, 6) is 0.489. The van der Waals surface area contributed by atoms with Crippen molar-refractivity contribution in [1.82, 2.24) is 0 Å². The third-order valence-corrected chi connectivity index (χ3v) is 7.97. The average molecular weight is 463 g/mol. The van der Waals surface area contributed by atoms with Gasteiger partial charge in [-0.25, -0.2) is 0 Å². The highest BCUT2D eigenvalue weighted by Gasteiger charge is 2.24. The van der Waals surface area contributed by atoms with Crippen molar-refractivity contribution in [3.8, 4) is 0 Å². The van der Waals surface area contributed by atoms with Gasteiger partial charge in [0.25, 0.3) is 0 Å².